The van der Waals surface area contributed by atoms with Crippen LogP contribution in [-0.4, -0.2) is 124 Å². The highest BCUT2D eigenvalue weighted by molar-refractivity contribution is 6.02. The third kappa shape index (κ3) is 7.86. The molecule has 17 heteroatoms. The Morgan fingerprint density at radius 1 is 0.845 bits per heavy atom. The molecule has 71 heavy (non-hydrogen) atoms. The molecule has 2 saturated carbocycles. The van der Waals surface area contributed by atoms with Crippen molar-refractivity contribution >= 4 is 45.0 Å². The minimum Gasteiger partial charge on any atom is -0.508 e. The summed E-state index contributed by atoms with van der Waals surface area (Å²) in [6, 6.07) is 11.0. The molecule has 2 amide bonds. The van der Waals surface area contributed by atoms with Crippen molar-refractivity contribution in [3.63, 3.8) is 0 Å². The van der Waals surface area contributed by atoms with Crippen molar-refractivity contribution in [1.29, 1.82) is 0 Å². The lowest BCUT2D eigenvalue weighted by Crippen LogP contribution is -2.74. The number of piperidine rings is 3. The number of hydrogen-bond donors (Lipinski definition) is 3. The summed E-state index contributed by atoms with van der Waals surface area (Å²) < 4.78 is 69.7. The van der Waals surface area contributed by atoms with Crippen LogP contribution >= 0.6 is 0 Å². The maximum Gasteiger partial charge on any atom is 0.319 e. The molecule has 9 heterocycles. The van der Waals surface area contributed by atoms with E-state index in [4.69, 9.17) is 14.7 Å². The fraction of sp³-hybridized carbons (Fsp3) is 0.537. The van der Waals surface area contributed by atoms with E-state index in [1.165, 1.54) is 30.7 Å². The molecule has 14 rings (SSSR count). The van der Waals surface area contributed by atoms with Gasteiger partial charge in [-0.2, -0.15) is 9.97 Å². The summed E-state index contributed by atoms with van der Waals surface area (Å²) in [5, 5.41) is 18.2. The molecule has 372 valence electrons. The first-order valence-electron chi connectivity index (χ1n) is 25.8. The predicted molar refractivity (Wildman–Crippen MR) is 259 cm³/mol. The van der Waals surface area contributed by atoms with Crippen molar-refractivity contribution in [3.8, 4) is 23.0 Å². The highest BCUT2D eigenvalue weighted by Gasteiger charge is 2.57. The number of anilines is 2. The number of hydrogen-bond acceptors (Lipinski definition) is 12. The lowest BCUT2D eigenvalue weighted by Gasteiger charge is -2.65. The molecule has 13 nitrogen and oxygen atoms in total. The number of fused-ring (bicyclic) bond motifs is 6. The highest BCUT2D eigenvalue weighted by Crippen LogP contribution is 2.55. The first kappa shape index (κ1) is 45.2. The number of imide groups is 1. The van der Waals surface area contributed by atoms with Gasteiger partial charge in [0.15, 0.2) is 5.82 Å². The number of pyridine rings is 1. The molecule has 4 bridgehead atoms. The quantitative estimate of drug-likeness (QED) is 0.0893. The Hall–Kier alpha value is -5.65. The second-order valence-corrected chi connectivity index (χ2v) is 22.4. The smallest absolute Gasteiger partial charge is 0.319 e. The summed E-state index contributed by atoms with van der Waals surface area (Å²) in [6.45, 7) is 8.10. The van der Waals surface area contributed by atoms with Gasteiger partial charge in [-0.1, -0.05) is 13.0 Å². The fourth-order valence-electron chi connectivity index (χ4n) is 14.0. The molecule has 5 aromatic rings. The van der Waals surface area contributed by atoms with Gasteiger partial charge in [-0.15, -0.1) is 0 Å². The number of aryl methyl sites for hydroxylation is 1. The number of rotatable bonds is 11. The van der Waals surface area contributed by atoms with E-state index in [0.717, 1.165) is 97.2 Å². The number of aromatic hydroxyl groups is 1. The molecule has 3 N–H and O–H groups in total. The largest absolute Gasteiger partial charge is 0.508 e. The summed E-state index contributed by atoms with van der Waals surface area (Å²) in [4.78, 5) is 48.0. The zero-order valence-corrected chi connectivity index (χ0v) is 40.0. The summed E-state index contributed by atoms with van der Waals surface area (Å²) >= 11 is 0. The van der Waals surface area contributed by atoms with Crippen LogP contribution in [0.5, 0.6) is 11.8 Å². The van der Waals surface area contributed by atoms with Crippen LogP contribution in [0.1, 0.15) is 94.6 Å². The van der Waals surface area contributed by atoms with Gasteiger partial charge >= 0.3 is 6.01 Å². The minimum atomic E-state index is -1.01. The maximum atomic E-state index is 17.2. The SMILES string of the molecule is CCc1c(F)ccc2cc(O)cc(-c3ncc4c(N5CC6CCC(C5)N6)nc(OCC5(CN6CC7CC(C6)N7C6CC7(CCN(c8cc(F)c(C9CCC(=O)NC9=O)c(F)c8)CC7)C6)CC5)nc4c3F)c12. The van der Waals surface area contributed by atoms with Gasteiger partial charge in [0, 0.05) is 111 Å². The van der Waals surface area contributed by atoms with E-state index < -0.39 is 41.0 Å². The van der Waals surface area contributed by atoms with Crippen LogP contribution in [0.3, 0.4) is 0 Å². The number of ether oxygens (including phenoxy) is 1. The average molecular weight is 974 g/mol. The monoisotopic (exact) mass is 973 g/mol. The lowest BCUT2D eigenvalue weighted by atomic mass is 9.58. The van der Waals surface area contributed by atoms with Gasteiger partial charge in [-0.3, -0.25) is 29.7 Å². The van der Waals surface area contributed by atoms with Gasteiger partial charge in [0.05, 0.1) is 17.9 Å². The number of halogens is 4. The number of carbonyl (C=O) groups is 2. The standard InChI is InChI=1S/C54H59F4N9O4/c1-2-37-41(55)7-3-29-15-36(68)19-39(45(29)37)48-47(58)49-40(22-59-48)50(66-23-30-4-5-31(24-66)60-30)63-52(62-49)71-28-54(9-10-54)27-64-25-33-16-34(26-64)67(33)35-20-53(21-35)11-13-65(14-12-53)32-17-42(56)46(43(57)18-32)38-6-8-44(69)61-51(38)70/h3,7,15,17-19,22,30-31,33-35,38,60,68H,2,4-6,8-14,16,20-21,23-28H2,1H3,(H,61,69,70). The Labute approximate surface area is 409 Å². The van der Waals surface area contributed by atoms with Crippen molar-refractivity contribution in [1.82, 2.24) is 35.4 Å². The lowest BCUT2D eigenvalue weighted by molar-refractivity contribution is -0.149. The minimum absolute atomic E-state index is 0.0168. The number of phenols is 1. The summed E-state index contributed by atoms with van der Waals surface area (Å²) in [5.74, 6) is -4.09. The number of piperazine rings is 2. The van der Waals surface area contributed by atoms with Crippen molar-refractivity contribution in [2.75, 3.05) is 62.2 Å². The Bertz CT molecular complexity index is 2960. The normalized spacial score (nSPS) is 27.0. The number of aromatic nitrogens is 3. The molecule has 9 aliphatic rings. The van der Waals surface area contributed by atoms with Crippen LogP contribution < -0.4 is 25.2 Å². The Morgan fingerprint density at radius 3 is 2.27 bits per heavy atom. The molecule has 2 aliphatic carbocycles. The van der Waals surface area contributed by atoms with Gasteiger partial charge in [-0.05, 0) is 123 Å². The van der Waals surface area contributed by atoms with E-state index in [1.807, 2.05) is 6.92 Å². The van der Waals surface area contributed by atoms with Gasteiger partial charge in [0.25, 0.3) is 0 Å². The first-order valence-corrected chi connectivity index (χ1v) is 25.8. The van der Waals surface area contributed by atoms with Gasteiger partial charge in [-0.25, -0.2) is 17.6 Å². The molecule has 7 aliphatic heterocycles. The van der Waals surface area contributed by atoms with Crippen LogP contribution in [0.4, 0.5) is 29.1 Å². The van der Waals surface area contributed by atoms with Gasteiger partial charge in [0.1, 0.15) is 40.2 Å². The molecule has 9 fully saturated rings. The number of carbonyl (C=O) groups excluding carboxylic acids is 2. The second kappa shape index (κ2) is 17.0. The number of phenolic OH excluding ortho intramolecular Hbond substituents is 1. The van der Waals surface area contributed by atoms with E-state index in [0.29, 0.717) is 82.0 Å². The topological polar surface area (TPSA) is 139 Å². The van der Waals surface area contributed by atoms with Crippen LogP contribution in [0.2, 0.25) is 0 Å². The molecule has 7 saturated heterocycles. The van der Waals surface area contributed by atoms with Crippen LogP contribution in [0.25, 0.3) is 32.9 Å². The van der Waals surface area contributed by atoms with E-state index in [-0.39, 0.29) is 52.2 Å². The predicted octanol–water partition coefficient (Wildman–Crippen LogP) is 7.50. The van der Waals surface area contributed by atoms with E-state index in [9.17, 15) is 14.7 Å². The molecule has 5 atom stereocenters. The van der Waals surface area contributed by atoms with Crippen molar-refractivity contribution in [2.45, 2.75) is 120 Å². The summed E-state index contributed by atoms with van der Waals surface area (Å²) in [6.07, 6.45) is 11.8. The van der Waals surface area contributed by atoms with Crippen molar-refractivity contribution in [3.05, 3.63) is 77.0 Å². The zero-order valence-electron chi connectivity index (χ0n) is 40.0. The molecule has 1 spiro atoms. The fourth-order valence-corrected chi connectivity index (χ4v) is 14.0. The Morgan fingerprint density at radius 2 is 1.58 bits per heavy atom. The summed E-state index contributed by atoms with van der Waals surface area (Å²) in [7, 11) is 0. The van der Waals surface area contributed by atoms with Crippen LogP contribution in [-0.2, 0) is 16.0 Å². The Kier molecular flexibility index (Phi) is 10.8. The van der Waals surface area contributed by atoms with Crippen molar-refractivity contribution in [2.24, 2.45) is 10.8 Å². The maximum absolute atomic E-state index is 17.2. The average Bonchev–Trinajstić information content (AvgIpc) is 4.02. The van der Waals surface area contributed by atoms with Crippen molar-refractivity contribution < 1.29 is 37.0 Å². The first-order chi connectivity index (χ1) is 34.3. The van der Waals surface area contributed by atoms with Crippen LogP contribution in [0.15, 0.2) is 42.6 Å². The van der Waals surface area contributed by atoms with E-state index >= 15 is 17.6 Å². The molecule has 2 aromatic heterocycles. The van der Waals surface area contributed by atoms with E-state index in [2.05, 4.69) is 35.2 Å². The van der Waals surface area contributed by atoms with Crippen LogP contribution in [0, 0.1) is 34.1 Å². The highest BCUT2D eigenvalue weighted by atomic mass is 19.1. The molecular weight excluding hydrogens is 915 g/mol. The van der Waals surface area contributed by atoms with Gasteiger partial charge < -0.3 is 25.0 Å². The number of benzene rings is 3. The van der Waals surface area contributed by atoms with Gasteiger partial charge in [0.2, 0.25) is 11.8 Å². The zero-order chi connectivity index (χ0) is 48.5. The molecule has 5 unspecified atom stereocenters. The number of amides is 2. The van der Waals surface area contributed by atoms with E-state index in [1.54, 1.807) is 18.3 Å². The number of nitrogens with one attached hydrogen (secondary N) is 2. The summed E-state index contributed by atoms with van der Waals surface area (Å²) in [5.41, 5.74) is 1.24. The third-order valence-electron chi connectivity index (χ3n) is 17.9. The molecule has 0 radical (unpaired) electrons. The second-order valence-electron chi connectivity index (χ2n) is 22.4. The Balaban J connectivity index is 0.666. The number of nitrogens with zero attached hydrogens (tertiary/aromatic N) is 7. The third-order valence-corrected chi connectivity index (χ3v) is 17.9. The molecular formula is C54H59F4N9O4. The molecule has 3 aromatic carbocycles.